The van der Waals surface area contributed by atoms with Crippen molar-refractivity contribution in [3.63, 3.8) is 0 Å². The van der Waals surface area contributed by atoms with E-state index in [1.165, 1.54) is 6.07 Å². The number of rotatable bonds is 2. The average molecular weight is 423 g/mol. The fourth-order valence-electron chi connectivity index (χ4n) is 3.12. The zero-order chi connectivity index (χ0) is 19.1. The number of aryl methyl sites for hydroxylation is 2. The standard InChI is InChI=1S/C21H15BrN2O3/c1-11-7-20(25)27-19-10-14(4-6-15(11)19)24-21(26)17-8-12(2)23-18-9-13(22)3-5-16(17)18/h3-10H,1-2H3,(H,24,26). The first-order chi connectivity index (χ1) is 12.9. The van der Waals surface area contributed by atoms with Crippen LogP contribution in [0, 0.1) is 13.8 Å². The molecule has 6 heteroatoms. The van der Waals surface area contributed by atoms with Gasteiger partial charge in [-0.25, -0.2) is 4.79 Å². The van der Waals surface area contributed by atoms with Gasteiger partial charge >= 0.3 is 5.63 Å². The van der Waals surface area contributed by atoms with Crippen molar-refractivity contribution in [3.8, 4) is 0 Å². The molecule has 2 heterocycles. The Hall–Kier alpha value is -2.99. The number of nitrogens with zero attached hydrogens (tertiary/aromatic N) is 1. The molecular formula is C21H15BrN2O3. The lowest BCUT2D eigenvalue weighted by Gasteiger charge is -2.10. The smallest absolute Gasteiger partial charge is 0.336 e. The number of fused-ring (bicyclic) bond motifs is 2. The van der Waals surface area contributed by atoms with E-state index in [0.717, 1.165) is 32.0 Å². The molecule has 0 saturated heterocycles. The molecule has 0 aliphatic rings. The van der Waals surface area contributed by atoms with Gasteiger partial charge in [0.05, 0.1) is 11.1 Å². The van der Waals surface area contributed by atoms with E-state index >= 15 is 0 Å². The number of nitrogens with one attached hydrogen (secondary N) is 1. The van der Waals surface area contributed by atoms with Crippen molar-refractivity contribution in [2.75, 3.05) is 5.32 Å². The van der Waals surface area contributed by atoms with E-state index in [0.29, 0.717) is 16.8 Å². The number of halogens is 1. The predicted octanol–water partition coefficient (Wildman–Crippen LogP) is 4.97. The van der Waals surface area contributed by atoms with Crippen LogP contribution in [0.15, 0.2) is 62.2 Å². The minimum atomic E-state index is -0.412. The molecule has 0 atom stereocenters. The first kappa shape index (κ1) is 17.4. The van der Waals surface area contributed by atoms with Crippen LogP contribution in [0.5, 0.6) is 0 Å². The molecule has 0 fully saturated rings. The topological polar surface area (TPSA) is 72.2 Å². The van der Waals surface area contributed by atoms with Crippen LogP contribution in [0.25, 0.3) is 21.9 Å². The molecule has 134 valence electrons. The summed E-state index contributed by atoms with van der Waals surface area (Å²) >= 11 is 3.43. The van der Waals surface area contributed by atoms with Gasteiger partial charge in [-0.05, 0) is 49.7 Å². The summed E-state index contributed by atoms with van der Waals surface area (Å²) in [7, 11) is 0. The fraction of sp³-hybridized carbons (Fsp3) is 0.0952. The molecule has 27 heavy (non-hydrogen) atoms. The summed E-state index contributed by atoms with van der Waals surface area (Å²) in [5.74, 6) is -0.248. The van der Waals surface area contributed by atoms with Crippen LogP contribution in [0.3, 0.4) is 0 Å². The largest absolute Gasteiger partial charge is 0.423 e. The zero-order valence-electron chi connectivity index (χ0n) is 14.7. The van der Waals surface area contributed by atoms with E-state index in [1.54, 1.807) is 18.2 Å². The van der Waals surface area contributed by atoms with Crippen LogP contribution in [-0.4, -0.2) is 10.9 Å². The third-order valence-corrected chi connectivity index (χ3v) is 4.85. The Morgan fingerprint density at radius 2 is 1.81 bits per heavy atom. The summed E-state index contributed by atoms with van der Waals surface area (Å²) in [5.41, 5.74) is 3.46. The highest BCUT2D eigenvalue weighted by atomic mass is 79.9. The van der Waals surface area contributed by atoms with E-state index in [1.807, 2.05) is 38.1 Å². The van der Waals surface area contributed by atoms with E-state index < -0.39 is 5.63 Å². The molecule has 4 aromatic rings. The van der Waals surface area contributed by atoms with Gasteiger partial charge < -0.3 is 9.73 Å². The zero-order valence-corrected chi connectivity index (χ0v) is 16.3. The maximum absolute atomic E-state index is 12.9. The van der Waals surface area contributed by atoms with Crippen LogP contribution >= 0.6 is 15.9 Å². The molecule has 0 spiro atoms. The highest BCUT2D eigenvalue weighted by Gasteiger charge is 2.13. The Bertz CT molecular complexity index is 1270. The molecule has 4 rings (SSSR count). The molecule has 1 N–H and O–H groups in total. The van der Waals surface area contributed by atoms with Gasteiger partial charge in [0, 0.05) is 38.8 Å². The summed E-state index contributed by atoms with van der Waals surface area (Å²) in [4.78, 5) is 29.0. The molecule has 0 radical (unpaired) electrons. The van der Waals surface area contributed by atoms with Gasteiger partial charge in [0.2, 0.25) is 0 Å². The van der Waals surface area contributed by atoms with Crippen molar-refractivity contribution in [1.29, 1.82) is 0 Å². The number of pyridine rings is 1. The van der Waals surface area contributed by atoms with Crippen LogP contribution in [0.4, 0.5) is 5.69 Å². The minimum absolute atomic E-state index is 0.248. The second kappa shape index (κ2) is 6.63. The van der Waals surface area contributed by atoms with Crippen molar-refractivity contribution in [3.05, 3.63) is 80.2 Å². The number of hydrogen-bond donors (Lipinski definition) is 1. The Labute approximate surface area is 163 Å². The Balaban J connectivity index is 1.75. The molecule has 5 nitrogen and oxygen atoms in total. The van der Waals surface area contributed by atoms with Gasteiger partial charge in [-0.15, -0.1) is 0 Å². The summed E-state index contributed by atoms with van der Waals surface area (Å²) < 4.78 is 6.15. The number of carbonyl (C=O) groups is 1. The lowest BCUT2D eigenvalue weighted by molar-refractivity contribution is 0.102. The van der Waals surface area contributed by atoms with Gasteiger partial charge in [0.1, 0.15) is 5.58 Å². The third-order valence-electron chi connectivity index (χ3n) is 4.35. The van der Waals surface area contributed by atoms with E-state index in [-0.39, 0.29) is 5.91 Å². The summed E-state index contributed by atoms with van der Waals surface area (Å²) in [5, 5.41) is 4.49. The van der Waals surface area contributed by atoms with Crippen LogP contribution < -0.4 is 10.9 Å². The monoisotopic (exact) mass is 422 g/mol. The maximum atomic E-state index is 12.9. The third kappa shape index (κ3) is 3.36. The van der Waals surface area contributed by atoms with Gasteiger partial charge in [0.15, 0.2) is 0 Å². The molecule has 0 bridgehead atoms. The van der Waals surface area contributed by atoms with Crippen molar-refractivity contribution in [2.24, 2.45) is 0 Å². The van der Waals surface area contributed by atoms with Gasteiger partial charge in [0.25, 0.3) is 5.91 Å². The maximum Gasteiger partial charge on any atom is 0.336 e. The van der Waals surface area contributed by atoms with E-state index in [9.17, 15) is 9.59 Å². The fourth-order valence-corrected chi connectivity index (χ4v) is 3.47. The SMILES string of the molecule is Cc1cc(C(=O)Nc2ccc3c(C)cc(=O)oc3c2)c2ccc(Br)cc2n1. The number of carbonyl (C=O) groups excluding carboxylic acids is 1. The lowest BCUT2D eigenvalue weighted by Crippen LogP contribution is -2.13. The molecule has 2 aromatic heterocycles. The molecule has 1 amide bonds. The molecule has 2 aromatic carbocycles. The molecule has 0 aliphatic carbocycles. The second-order valence-corrected chi connectivity index (χ2v) is 7.30. The minimum Gasteiger partial charge on any atom is -0.423 e. The van der Waals surface area contributed by atoms with Gasteiger partial charge in [-0.3, -0.25) is 9.78 Å². The van der Waals surface area contributed by atoms with E-state index in [4.69, 9.17) is 4.42 Å². The van der Waals surface area contributed by atoms with Crippen molar-refractivity contribution < 1.29 is 9.21 Å². The van der Waals surface area contributed by atoms with Crippen molar-refractivity contribution >= 4 is 49.4 Å². The normalized spacial score (nSPS) is 11.1. The Morgan fingerprint density at radius 1 is 1.04 bits per heavy atom. The first-order valence-corrected chi connectivity index (χ1v) is 9.13. The first-order valence-electron chi connectivity index (χ1n) is 8.33. The molecule has 0 saturated carbocycles. The number of anilines is 1. The van der Waals surface area contributed by atoms with Crippen LogP contribution in [0.1, 0.15) is 21.6 Å². The highest BCUT2D eigenvalue weighted by molar-refractivity contribution is 9.10. The summed E-state index contributed by atoms with van der Waals surface area (Å²) in [6.07, 6.45) is 0. The lowest BCUT2D eigenvalue weighted by atomic mass is 10.1. The summed E-state index contributed by atoms with van der Waals surface area (Å²) in [6, 6.07) is 14.1. The summed E-state index contributed by atoms with van der Waals surface area (Å²) in [6.45, 7) is 3.70. The Morgan fingerprint density at radius 3 is 2.63 bits per heavy atom. The number of hydrogen-bond acceptors (Lipinski definition) is 4. The molecular weight excluding hydrogens is 408 g/mol. The molecule has 0 unspecified atom stereocenters. The van der Waals surface area contributed by atoms with Crippen LogP contribution in [0.2, 0.25) is 0 Å². The van der Waals surface area contributed by atoms with E-state index in [2.05, 4.69) is 26.2 Å². The Kier molecular flexibility index (Phi) is 4.28. The second-order valence-electron chi connectivity index (χ2n) is 6.39. The number of amides is 1. The van der Waals surface area contributed by atoms with Crippen molar-refractivity contribution in [1.82, 2.24) is 4.98 Å². The van der Waals surface area contributed by atoms with Crippen LogP contribution in [-0.2, 0) is 0 Å². The number of benzene rings is 2. The quantitative estimate of drug-likeness (QED) is 0.462. The number of aromatic nitrogens is 1. The highest BCUT2D eigenvalue weighted by Crippen LogP contribution is 2.25. The van der Waals surface area contributed by atoms with Gasteiger partial charge in [-0.1, -0.05) is 22.0 Å². The van der Waals surface area contributed by atoms with Gasteiger partial charge in [-0.2, -0.15) is 0 Å². The van der Waals surface area contributed by atoms with Crippen molar-refractivity contribution in [2.45, 2.75) is 13.8 Å². The predicted molar refractivity (Wildman–Crippen MR) is 109 cm³/mol. The average Bonchev–Trinajstić information content (AvgIpc) is 2.60. The molecule has 0 aliphatic heterocycles.